The smallest absolute Gasteiger partial charge is 0.118 e. The van der Waals surface area contributed by atoms with Crippen molar-refractivity contribution in [2.45, 2.75) is 38.3 Å². The number of benzene rings is 2. The Balaban J connectivity index is 0.00000272. The maximum Gasteiger partial charge on any atom is 0.118 e. The van der Waals surface area contributed by atoms with Gasteiger partial charge in [-0.25, -0.2) is 0 Å². The van der Waals surface area contributed by atoms with Gasteiger partial charge in [0.05, 0.1) is 19.9 Å². The third-order valence-corrected chi connectivity index (χ3v) is 5.54. The Morgan fingerprint density at radius 2 is 1.36 bits per heavy atom. The number of pyridine rings is 1. The first-order chi connectivity index (χ1) is 15.0. The molecule has 2 aromatic carbocycles. The summed E-state index contributed by atoms with van der Waals surface area (Å²) in [6.07, 6.45) is 0.245. The zero-order valence-electron chi connectivity index (χ0n) is 19.5. The summed E-state index contributed by atoms with van der Waals surface area (Å²) >= 11 is 0. The second-order valence-corrected chi connectivity index (χ2v) is 7.86. The number of ether oxygens (including phenoxy) is 2. The maximum absolute atomic E-state index is 10.5. The van der Waals surface area contributed by atoms with Crippen LogP contribution in [-0.2, 0) is 0 Å². The summed E-state index contributed by atoms with van der Waals surface area (Å²) in [6, 6.07) is 22.4. The van der Waals surface area contributed by atoms with Gasteiger partial charge in [-0.3, -0.25) is 4.98 Å². The molecule has 0 aliphatic carbocycles. The van der Waals surface area contributed by atoms with Crippen LogP contribution in [-0.4, -0.2) is 36.9 Å². The SMILES string of the molecule is COc1ccc(C(CC(C)NCC(O)c2cccc(C)n2)c2ccc(OC)cc2)cc1.Cl.Cl. The first-order valence-electron chi connectivity index (χ1n) is 10.6. The molecule has 2 atom stereocenters. The molecule has 33 heavy (non-hydrogen) atoms. The van der Waals surface area contributed by atoms with Gasteiger partial charge in [0.2, 0.25) is 0 Å². The lowest BCUT2D eigenvalue weighted by atomic mass is 9.86. The number of hydrogen-bond donors (Lipinski definition) is 2. The number of aromatic nitrogens is 1. The van der Waals surface area contributed by atoms with E-state index in [9.17, 15) is 5.11 Å². The van der Waals surface area contributed by atoms with Crippen LogP contribution in [0.2, 0.25) is 0 Å². The molecule has 0 saturated heterocycles. The van der Waals surface area contributed by atoms with Gasteiger partial charge >= 0.3 is 0 Å². The molecule has 0 saturated carbocycles. The Morgan fingerprint density at radius 3 is 1.82 bits per heavy atom. The molecule has 0 fully saturated rings. The Bertz CT molecular complexity index is 905. The van der Waals surface area contributed by atoms with Crippen LogP contribution in [0.25, 0.3) is 0 Å². The molecule has 5 nitrogen and oxygen atoms in total. The van der Waals surface area contributed by atoms with E-state index in [0.717, 1.165) is 23.6 Å². The van der Waals surface area contributed by atoms with Gasteiger partial charge in [-0.15, -0.1) is 24.8 Å². The van der Waals surface area contributed by atoms with E-state index in [-0.39, 0.29) is 36.8 Å². The minimum Gasteiger partial charge on any atom is -0.497 e. The normalized spacial score (nSPS) is 12.3. The lowest BCUT2D eigenvalue weighted by molar-refractivity contribution is 0.165. The molecule has 7 heteroatoms. The summed E-state index contributed by atoms with van der Waals surface area (Å²) < 4.78 is 10.6. The minimum absolute atomic E-state index is 0. The van der Waals surface area contributed by atoms with Crippen molar-refractivity contribution in [2.24, 2.45) is 0 Å². The Hall–Kier alpha value is -2.31. The van der Waals surface area contributed by atoms with Crippen molar-refractivity contribution in [3.63, 3.8) is 0 Å². The van der Waals surface area contributed by atoms with Crippen LogP contribution in [0.4, 0.5) is 0 Å². The molecule has 0 radical (unpaired) electrons. The van der Waals surface area contributed by atoms with Gasteiger partial charge in [0.15, 0.2) is 0 Å². The fourth-order valence-electron chi connectivity index (χ4n) is 3.74. The molecule has 3 aromatic rings. The number of rotatable bonds is 10. The lowest BCUT2D eigenvalue weighted by Gasteiger charge is -2.24. The topological polar surface area (TPSA) is 63.6 Å². The van der Waals surface area contributed by atoms with Crippen molar-refractivity contribution in [3.8, 4) is 11.5 Å². The molecular weight excluding hydrogens is 459 g/mol. The van der Waals surface area contributed by atoms with E-state index in [1.165, 1.54) is 11.1 Å². The molecule has 0 bridgehead atoms. The van der Waals surface area contributed by atoms with E-state index in [4.69, 9.17) is 9.47 Å². The second-order valence-electron chi connectivity index (χ2n) is 7.86. The summed E-state index contributed by atoms with van der Waals surface area (Å²) in [7, 11) is 3.35. The molecule has 2 N–H and O–H groups in total. The largest absolute Gasteiger partial charge is 0.497 e. The average molecular weight is 493 g/mol. The minimum atomic E-state index is -0.636. The van der Waals surface area contributed by atoms with E-state index in [0.29, 0.717) is 12.2 Å². The molecule has 1 aromatic heterocycles. The van der Waals surface area contributed by atoms with E-state index < -0.39 is 6.10 Å². The molecular formula is C26H34Cl2N2O3. The molecule has 1 heterocycles. The van der Waals surface area contributed by atoms with E-state index in [2.05, 4.69) is 41.5 Å². The standard InChI is InChI=1S/C26H32N2O3.2ClH/c1-18-6-5-7-25(28-18)26(29)17-27-19(2)16-24(20-8-12-22(30-3)13-9-20)21-10-14-23(31-4)15-11-21;;/h5-15,19,24,26-27,29H,16-17H2,1-4H3;2*1H. The van der Waals surface area contributed by atoms with Crippen LogP contribution in [0, 0.1) is 6.92 Å². The van der Waals surface area contributed by atoms with Crippen molar-refractivity contribution < 1.29 is 14.6 Å². The third kappa shape index (κ3) is 8.20. The fourth-order valence-corrected chi connectivity index (χ4v) is 3.74. The Morgan fingerprint density at radius 1 is 0.848 bits per heavy atom. The zero-order valence-corrected chi connectivity index (χ0v) is 21.2. The van der Waals surface area contributed by atoms with E-state index >= 15 is 0 Å². The molecule has 0 amide bonds. The van der Waals surface area contributed by atoms with Crippen LogP contribution in [0.15, 0.2) is 66.7 Å². The van der Waals surface area contributed by atoms with Gasteiger partial charge in [-0.1, -0.05) is 30.3 Å². The van der Waals surface area contributed by atoms with Crippen molar-refractivity contribution in [1.82, 2.24) is 10.3 Å². The highest BCUT2D eigenvalue weighted by Crippen LogP contribution is 2.31. The zero-order chi connectivity index (χ0) is 22.2. The maximum atomic E-state index is 10.5. The average Bonchev–Trinajstić information content (AvgIpc) is 2.81. The van der Waals surface area contributed by atoms with Gasteiger partial charge < -0.3 is 19.9 Å². The summed E-state index contributed by atoms with van der Waals surface area (Å²) in [5.74, 6) is 1.89. The predicted octanol–water partition coefficient (Wildman–Crippen LogP) is 5.48. The summed E-state index contributed by atoms with van der Waals surface area (Å²) in [4.78, 5) is 4.43. The summed E-state index contributed by atoms with van der Waals surface area (Å²) in [5, 5.41) is 14.0. The van der Waals surface area contributed by atoms with Crippen LogP contribution < -0.4 is 14.8 Å². The van der Waals surface area contributed by atoms with Crippen LogP contribution in [0.5, 0.6) is 11.5 Å². The number of halogens is 2. The van der Waals surface area contributed by atoms with Crippen molar-refractivity contribution >= 4 is 24.8 Å². The van der Waals surface area contributed by atoms with Crippen LogP contribution >= 0.6 is 24.8 Å². The number of aryl methyl sites for hydroxylation is 1. The highest BCUT2D eigenvalue weighted by molar-refractivity contribution is 5.85. The van der Waals surface area contributed by atoms with Gasteiger partial charge in [-0.2, -0.15) is 0 Å². The van der Waals surface area contributed by atoms with Crippen molar-refractivity contribution in [2.75, 3.05) is 20.8 Å². The number of nitrogens with zero attached hydrogens (tertiary/aromatic N) is 1. The third-order valence-electron chi connectivity index (χ3n) is 5.54. The Labute approximate surface area is 209 Å². The fraction of sp³-hybridized carbons (Fsp3) is 0.346. The van der Waals surface area contributed by atoms with Crippen LogP contribution in [0.3, 0.4) is 0 Å². The van der Waals surface area contributed by atoms with Crippen molar-refractivity contribution in [3.05, 3.63) is 89.2 Å². The first kappa shape index (κ1) is 28.7. The Kier molecular flexibility index (Phi) is 12.2. The van der Waals surface area contributed by atoms with Gasteiger partial charge in [0, 0.05) is 24.2 Å². The number of methoxy groups -OCH3 is 2. The summed E-state index contributed by atoms with van der Waals surface area (Å²) in [6.45, 7) is 4.53. The highest BCUT2D eigenvalue weighted by atomic mass is 35.5. The first-order valence-corrected chi connectivity index (χ1v) is 10.6. The molecule has 180 valence electrons. The molecule has 3 rings (SSSR count). The lowest BCUT2D eigenvalue weighted by Crippen LogP contribution is -2.32. The van der Waals surface area contributed by atoms with Gasteiger partial charge in [0.25, 0.3) is 0 Å². The molecule has 2 unspecified atom stereocenters. The number of nitrogens with one attached hydrogen (secondary N) is 1. The predicted molar refractivity (Wildman–Crippen MR) is 138 cm³/mol. The molecule has 0 spiro atoms. The van der Waals surface area contributed by atoms with E-state index in [1.54, 1.807) is 14.2 Å². The van der Waals surface area contributed by atoms with E-state index in [1.807, 2.05) is 49.4 Å². The summed E-state index contributed by atoms with van der Waals surface area (Å²) in [5.41, 5.74) is 4.05. The quantitative estimate of drug-likeness (QED) is 0.392. The second kappa shape index (κ2) is 14.1. The number of aliphatic hydroxyl groups is 1. The van der Waals surface area contributed by atoms with Gasteiger partial charge in [-0.05, 0) is 67.8 Å². The number of hydrogen-bond acceptors (Lipinski definition) is 5. The van der Waals surface area contributed by atoms with Gasteiger partial charge in [0.1, 0.15) is 17.6 Å². The van der Waals surface area contributed by atoms with Crippen LogP contribution in [0.1, 0.15) is 47.9 Å². The highest BCUT2D eigenvalue weighted by Gasteiger charge is 2.19. The number of aliphatic hydroxyl groups excluding tert-OH is 1. The molecule has 0 aliphatic rings. The molecule has 0 aliphatic heterocycles. The monoisotopic (exact) mass is 492 g/mol. The van der Waals surface area contributed by atoms with Crippen molar-refractivity contribution in [1.29, 1.82) is 0 Å².